The molecule has 0 aliphatic carbocycles. The molecule has 0 atom stereocenters. The molecule has 0 aromatic rings. The molecule has 6 heteroatoms. The fourth-order valence-electron chi connectivity index (χ4n) is 0.615. The van der Waals surface area contributed by atoms with Crippen LogP contribution in [0.15, 0.2) is 12.2 Å². The number of hydrogen-bond donors (Lipinski definition) is 0. The summed E-state index contributed by atoms with van der Waals surface area (Å²) in [6.07, 6.45) is 0.0726. The third-order valence-corrected chi connectivity index (χ3v) is 1.06. The predicted molar refractivity (Wildman–Crippen MR) is 28.6 cm³/mol. The first-order valence-corrected chi connectivity index (χ1v) is 2.55. The number of nitrogens with zero attached hydrogens (tertiary/aromatic N) is 1. The van der Waals surface area contributed by atoms with Crippen molar-refractivity contribution in [3.05, 3.63) is 12.2 Å². The molecule has 1 aliphatic heterocycles. The molecule has 0 aromatic carbocycles. The van der Waals surface area contributed by atoms with Gasteiger partial charge in [0, 0.05) is 16.7 Å². The van der Waals surface area contributed by atoms with Crippen molar-refractivity contribution in [2.24, 2.45) is 0 Å². The highest BCUT2D eigenvalue weighted by molar-refractivity contribution is 6.21. The first-order valence-electron chi connectivity index (χ1n) is 2.55. The van der Waals surface area contributed by atoms with Crippen LogP contribution in [0.1, 0.15) is 0 Å². The summed E-state index contributed by atoms with van der Waals surface area (Å²) in [6, 6.07) is 0. The molecule has 0 bridgehead atoms. The number of imide groups is 3. The summed E-state index contributed by atoms with van der Waals surface area (Å²) in [6.45, 7) is 0. The van der Waals surface area contributed by atoms with Gasteiger partial charge < -0.3 is 0 Å². The van der Waals surface area contributed by atoms with Crippen molar-refractivity contribution in [1.29, 1.82) is 0 Å². The topological polar surface area (TPSA) is 63.7 Å². The second-order valence-electron chi connectivity index (χ2n) is 1.69. The van der Waals surface area contributed by atoms with Gasteiger partial charge in [-0.25, -0.2) is 9.74 Å². The van der Waals surface area contributed by atoms with E-state index in [4.69, 9.17) is 0 Å². The number of halogens is 1. The average molecular weight is 159 g/mol. The minimum atomic E-state index is -1.62. The Balaban J connectivity index is 2.82. The van der Waals surface area contributed by atoms with E-state index in [9.17, 15) is 18.9 Å². The molecule has 0 fully saturated rings. The summed E-state index contributed by atoms with van der Waals surface area (Å²) < 4.78 is 11.2. The molecule has 0 spiro atoms. The number of carbonyl (C=O) groups excluding carboxylic acids is 3. The Bertz CT molecular complexity index is 241. The number of hydrogen-bond acceptors (Lipinski definition) is 4. The molecule has 1 heterocycles. The molecule has 1 aliphatic rings. The van der Waals surface area contributed by atoms with Gasteiger partial charge in [0.2, 0.25) is 0 Å². The van der Waals surface area contributed by atoms with Crippen LogP contribution < -0.4 is 0 Å². The molecular weight excluding hydrogens is 157 g/mol. The smallest absolute Gasteiger partial charge is 0.269 e. The molecule has 58 valence electrons. The van der Waals surface area contributed by atoms with Crippen molar-refractivity contribution < 1.29 is 23.9 Å². The van der Waals surface area contributed by atoms with Gasteiger partial charge in [-0.15, -0.1) is 0 Å². The first kappa shape index (κ1) is 7.39. The van der Waals surface area contributed by atoms with E-state index in [1.165, 1.54) is 0 Å². The van der Waals surface area contributed by atoms with E-state index >= 15 is 0 Å². The van der Waals surface area contributed by atoms with Gasteiger partial charge in [-0.05, 0) is 0 Å². The third kappa shape index (κ3) is 1.09. The van der Waals surface area contributed by atoms with Crippen LogP contribution in [0.5, 0.6) is 0 Å². The Morgan fingerprint density at radius 2 is 1.82 bits per heavy atom. The highest BCUT2D eigenvalue weighted by atomic mass is 19.3. The predicted octanol–water partition coefficient (Wildman–Crippen LogP) is -0.0675. The molecule has 0 N–H and O–H groups in total. The van der Waals surface area contributed by atoms with Gasteiger partial charge in [0.15, 0.2) is 0 Å². The minimum absolute atomic E-state index is 0.0417. The summed E-state index contributed by atoms with van der Waals surface area (Å²) >= 11 is 0. The van der Waals surface area contributed by atoms with Gasteiger partial charge in [-0.2, -0.15) is 4.90 Å². The second-order valence-corrected chi connectivity index (χ2v) is 1.69. The van der Waals surface area contributed by atoms with Crippen LogP contribution in [0.3, 0.4) is 0 Å². The van der Waals surface area contributed by atoms with Crippen molar-refractivity contribution in [3.8, 4) is 0 Å². The molecule has 0 saturated heterocycles. The maximum atomic E-state index is 11.2. The first-order chi connectivity index (χ1) is 5.16. The van der Waals surface area contributed by atoms with Crippen LogP contribution in [0.2, 0.25) is 0 Å². The van der Waals surface area contributed by atoms with Gasteiger partial charge in [0.1, 0.15) is 0 Å². The van der Waals surface area contributed by atoms with Crippen LogP contribution in [0.4, 0.5) is 9.32 Å². The van der Waals surface area contributed by atoms with E-state index in [0.29, 0.717) is 0 Å². The van der Waals surface area contributed by atoms with Crippen molar-refractivity contribution in [1.82, 2.24) is 4.90 Å². The van der Waals surface area contributed by atoms with Gasteiger partial charge in [-0.1, -0.05) is 0 Å². The van der Waals surface area contributed by atoms with E-state index in [2.05, 4.69) is 4.94 Å². The second kappa shape index (κ2) is 2.49. The Labute approximate surface area is 59.9 Å². The van der Waals surface area contributed by atoms with Crippen LogP contribution in [-0.4, -0.2) is 22.8 Å². The molecule has 11 heavy (non-hydrogen) atoms. The van der Waals surface area contributed by atoms with Crippen LogP contribution in [-0.2, 0) is 14.5 Å². The SMILES string of the molecule is O=C1C=CC(=O)N1C(=O)OF. The van der Waals surface area contributed by atoms with Gasteiger partial charge >= 0.3 is 6.09 Å². The maximum absolute atomic E-state index is 11.2. The number of amides is 3. The van der Waals surface area contributed by atoms with Crippen LogP contribution >= 0.6 is 0 Å². The average Bonchev–Trinajstić information content (AvgIpc) is 2.30. The summed E-state index contributed by atoms with van der Waals surface area (Å²) in [5.74, 6) is -1.81. The van der Waals surface area contributed by atoms with Crippen LogP contribution in [0, 0.1) is 0 Å². The lowest BCUT2D eigenvalue weighted by molar-refractivity contribution is -0.140. The lowest BCUT2D eigenvalue weighted by Gasteiger charge is -2.05. The summed E-state index contributed by atoms with van der Waals surface area (Å²) in [5.41, 5.74) is 0. The lowest BCUT2D eigenvalue weighted by atomic mass is 10.6. The van der Waals surface area contributed by atoms with E-state index in [1.54, 1.807) is 0 Å². The van der Waals surface area contributed by atoms with Crippen molar-refractivity contribution in [2.75, 3.05) is 0 Å². The van der Waals surface area contributed by atoms with E-state index in [-0.39, 0.29) is 4.90 Å². The zero-order chi connectivity index (χ0) is 8.43. The fourth-order valence-corrected chi connectivity index (χ4v) is 0.615. The summed E-state index contributed by atoms with van der Waals surface area (Å²) in [7, 11) is 0. The van der Waals surface area contributed by atoms with E-state index < -0.39 is 17.9 Å². The Morgan fingerprint density at radius 3 is 2.18 bits per heavy atom. The molecule has 1 rings (SSSR count). The van der Waals surface area contributed by atoms with Gasteiger partial charge in [-0.3, -0.25) is 9.59 Å². The van der Waals surface area contributed by atoms with Gasteiger partial charge in [0.05, 0.1) is 0 Å². The molecule has 3 amide bonds. The largest absolute Gasteiger partial charge is 0.461 e. The molecule has 0 radical (unpaired) electrons. The van der Waals surface area contributed by atoms with Crippen molar-refractivity contribution >= 4 is 17.9 Å². The highest BCUT2D eigenvalue weighted by Gasteiger charge is 2.31. The Morgan fingerprint density at radius 1 is 1.36 bits per heavy atom. The fraction of sp³-hybridized carbons (Fsp3) is 0. The van der Waals surface area contributed by atoms with Crippen LogP contribution in [0.25, 0.3) is 0 Å². The third-order valence-electron chi connectivity index (χ3n) is 1.06. The Hall–Kier alpha value is -1.72. The maximum Gasteiger partial charge on any atom is 0.461 e. The van der Waals surface area contributed by atoms with Crippen molar-refractivity contribution in [3.63, 3.8) is 0 Å². The number of rotatable bonds is 0. The minimum Gasteiger partial charge on any atom is -0.269 e. The number of carbonyl (C=O) groups is 3. The zero-order valence-electron chi connectivity index (χ0n) is 5.11. The molecule has 0 saturated carbocycles. The molecule has 0 unspecified atom stereocenters. The summed E-state index contributed by atoms with van der Waals surface area (Å²) in [4.78, 5) is 34.1. The quantitative estimate of drug-likeness (QED) is 0.464. The Kier molecular flexibility index (Phi) is 1.67. The molecule has 0 aromatic heterocycles. The van der Waals surface area contributed by atoms with E-state index in [0.717, 1.165) is 12.2 Å². The van der Waals surface area contributed by atoms with E-state index in [1.807, 2.05) is 0 Å². The lowest BCUT2D eigenvalue weighted by Crippen LogP contribution is -2.35. The molecule has 5 nitrogen and oxygen atoms in total. The monoisotopic (exact) mass is 159 g/mol. The standard InChI is InChI=1S/C5H2FNO4/c6-11-5(10)7-3(8)1-2-4(7)9/h1-2H. The van der Waals surface area contributed by atoms with Gasteiger partial charge in [0.25, 0.3) is 11.8 Å². The zero-order valence-corrected chi connectivity index (χ0v) is 5.11. The molecular formula is C5H2FNO4. The van der Waals surface area contributed by atoms with Crippen molar-refractivity contribution in [2.45, 2.75) is 0 Å². The summed E-state index contributed by atoms with van der Waals surface area (Å²) in [5, 5.41) is 0. The highest BCUT2D eigenvalue weighted by Crippen LogP contribution is 2.05. The normalized spacial score (nSPS) is 15.9.